The molecule has 0 radical (unpaired) electrons. The van der Waals surface area contributed by atoms with Gasteiger partial charge in [-0.05, 0) is 19.4 Å². The maximum Gasteiger partial charge on any atom is 0.182 e. The molecule has 1 aromatic heterocycles. The number of nitrogens with one attached hydrogen (secondary N) is 2. The van der Waals surface area contributed by atoms with E-state index in [1.807, 2.05) is 16.1 Å². The van der Waals surface area contributed by atoms with E-state index in [1.54, 1.807) is 0 Å². The zero-order chi connectivity index (χ0) is 9.97. The van der Waals surface area contributed by atoms with Crippen LogP contribution in [0.5, 0.6) is 0 Å². The van der Waals surface area contributed by atoms with Crippen molar-refractivity contribution in [2.75, 3.05) is 6.54 Å². The number of nitrogens with zero attached hydrogens (tertiary/aromatic N) is 1. The van der Waals surface area contributed by atoms with Crippen molar-refractivity contribution in [3.8, 4) is 0 Å². The zero-order valence-electron chi connectivity index (χ0n) is 7.81. The molecule has 2 rings (SSSR count). The summed E-state index contributed by atoms with van der Waals surface area (Å²) >= 11 is 1.40. The molecular weight excluding hydrogens is 217 g/mol. The third-order valence-corrected chi connectivity index (χ3v) is 4.84. The molecule has 6 heteroatoms. The summed E-state index contributed by atoms with van der Waals surface area (Å²) in [6, 6.07) is 0. The summed E-state index contributed by atoms with van der Waals surface area (Å²) in [5, 5.41) is 12.8. The third-order valence-electron chi connectivity index (χ3n) is 2.37. The van der Waals surface area contributed by atoms with Crippen LogP contribution in [-0.2, 0) is 6.29 Å². The molecule has 0 amide bonds. The summed E-state index contributed by atoms with van der Waals surface area (Å²) in [6.07, 6.45) is 4.69. The predicted octanol–water partition coefficient (Wildman–Crippen LogP) is 1.09. The maximum absolute atomic E-state index is 9.95. The lowest BCUT2D eigenvalue weighted by atomic mass is 10.4. The number of thiazole rings is 1. The molecule has 1 fully saturated rings. The number of aromatic nitrogens is 1. The molecule has 0 saturated carbocycles. The van der Waals surface area contributed by atoms with Crippen molar-refractivity contribution < 1.29 is 4.89 Å². The second-order valence-electron chi connectivity index (χ2n) is 3.37. The molecule has 1 aromatic rings. The SMILES string of the molecule is N=c1sccn1CP(O)[C@@H]1CCCN1. The first-order valence-electron chi connectivity index (χ1n) is 4.65. The van der Waals surface area contributed by atoms with Crippen LogP contribution in [0, 0.1) is 5.41 Å². The molecule has 0 aromatic carbocycles. The minimum atomic E-state index is -1.01. The van der Waals surface area contributed by atoms with Gasteiger partial charge in [0.1, 0.15) is 0 Å². The van der Waals surface area contributed by atoms with Crippen molar-refractivity contribution in [3.63, 3.8) is 0 Å². The summed E-state index contributed by atoms with van der Waals surface area (Å²) in [5.41, 5.74) is 0. The summed E-state index contributed by atoms with van der Waals surface area (Å²) in [7, 11) is -1.01. The number of rotatable bonds is 3. The highest BCUT2D eigenvalue weighted by Gasteiger charge is 2.22. The van der Waals surface area contributed by atoms with E-state index >= 15 is 0 Å². The second-order valence-corrected chi connectivity index (χ2v) is 6.05. The van der Waals surface area contributed by atoms with Crippen LogP contribution < -0.4 is 10.1 Å². The molecule has 2 atom stereocenters. The molecule has 3 N–H and O–H groups in total. The molecule has 78 valence electrons. The molecule has 4 nitrogen and oxygen atoms in total. The Hall–Kier alpha value is -0.220. The molecule has 14 heavy (non-hydrogen) atoms. The Morgan fingerprint density at radius 3 is 3.21 bits per heavy atom. The first-order valence-corrected chi connectivity index (χ1v) is 7.07. The van der Waals surface area contributed by atoms with Crippen LogP contribution in [0.15, 0.2) is 11.6 Å². The first-order chi connectivity index (χ1) is 6.77. The van der Waals surface area contributed by atoms with Gasteiger partial charge in [0.05, 0.1) is 20.2 Å². The van der Waals surface area contributed by atoms with Crippen molar-refractivity contribution in [1.82, 2.24) is 9.88 Å². The average Bonchev–Trinajstić information content (AvgIpc) is 2.77. The van der Waals surface area contributed by atoms with E-state index in [9.17, 15) is 4.89 Å². The van der Waals surface area contributed by atoms with E-state index in [0.29, 0.717) is 11.1 Å². The van der Waals surface area contributed by atoms with Gasteiger partial charge in [-0.1, -0.05) is 0 Å². The monoisotopic (exact) mass is 231 g/mol. The van der Waals surface area contributed by atoms with Crippen LogP contribution >= 0.6 is 19.5 Å². The van der Waals surface area contributed by atoms with E-state index in [-0.39, 0.29) is 5.78 Å². The van der Waals surface area contributed by atoms with Crippen molar-refractivity contribution in [2.45, 2.75) is 24.9 Å². The summed E-state index contributed by atoms with van der Waals surface area (Å²) in [5.74, 6) is 0.275. The van der Waals surface area contributed by atoms with E-state index in [4.69, 9.17) is 5.41 Å². The number of hydrogen-bond donors (Lipinski definition) is 3. The van der Waals surface area contributed by atoms with Gasteiger partial charge in [-0.25, -0.2) is 0 Å². The molecule has 2 heterocycles. The zero-order valence-corrected chi connectivity index (χ0v) is 9.52. The minimum Gasteiger partial charge on any atom is -0.370 e. The fourth-order valence-electron chi connectivity index (χ4n) is 1.59. The molecule has 0 bridgehead atoms. The molecule has 0 aliphatic carbocycles. The molecule has 1 saturated heterocycles. The van der Waals surface area contributed by atoms with Gasteiger partial charge in [0.25, 0.3) is 0 Å². The standard InChI is InChI=1S/C8H14N3OPS/c9-8-11(4-5-14-8)6-13(12)7-2-1-3-10-7/h4-5,7,9-10,12H,1-3,6H2/t7-,13?/m1/s1. The van der Waals surface area contributed by atoms with Crippen LogP contribution in [0.4, 0.5) is 0 Å². The summed E-state index contributed by atoms with van der Waals surface area (Å²) in [6.45, 7) is 1.02. The molecule has 1 unspecified atom stereocenters. The fraction of sp³-hybridized carbons (Fsp3) is 0.625. The Bertz CT molecular complexity index is 344. The van der Waals surface area contributed by atoms with Crippen LogP contribution in [0.1, 0.15) is 12.8 Å². The fourth-order valence-corrected chi connectivity index (χ4v) is 3.85. The van der Waals surface area contributed by atoms with Gasteiger partial charge < -0.3 is 14.8 Å². The summed E-state index contributed by atoms with van der Waals surface area (Å²) in [4.78, 5) is 10.5. The second kappa shape index (κ2) is 4.53. The van der Waals surface area contributed by atoms with E-state index < -0.39 is 8.15 Å². The Labute approximate surface area is 87.9 Å². The van der Waals surface area contributed by atoms with Gasteiger partial charge in [-0.2, -0.15) is 0 Å². The first kappa shape index (κ1) is 10.3. The lowest BCUT2D eigenvalue weighted by Crippen LogP contribution is -2.22. The van der Waals surface area contributed by atoms with Crippen molar-refractivity contribution in [1.29, 1.82) is 5.41 Å². The lowest BCUT2D eigenvalue weighted by molar-refractivity contribution is 0.572. The molecule has 1 aliphatic rings. The van der Waals surface area contributed by atoms with Gasteiger partial charge in [0, 0.05) is 11.6 Å². The third kappa shape index (κ3) is 2.23. The Morgan fingerprint density at radius 1 is 1.79 bits per heavy atom. The van der Waals surface area contributed by atoms with Gasteiger partial charge in [0.2, 0.25) is 0 Å². The van der Waals surface area contributed by atoms with Crippen LogP contribution in [0.25, 0.3) is 0 Å². The molecular formula is C8H14N3OPS. The van der Waals surface area contributed by atoms with Gasteiger partial charge in [-0.15, -0.1) is 11.3 Å². The summed E-state index contributed by atoms with van der Waals surface area (Å²) < 4.78 is 1.82. The van der Waals surface area contributed by atoms with E-state index in [2.05, 4.69) is 5.32 Å². The Kier molecular flexibility index (Phi) is 3.34. The topological polar surface area (TPSA) is 61.0 Å². The Balaban J connectivity index is 1.97. The van der Waals surface area contributed by atoms with Crippen LogP contribution in [0.2, 0.25) is 0 Å². The highest BCUT2D eigenvalue weighted by Crippen LogP contribution is 2.40. The lowest BCUT2D eigenvalue weighted by Gasteiger charge is -2.18. The number of hydrogen-bond acceptors (Lipinski definition) is 4. The van der Waals surface area contributed by atoms with E-state index in [1.165, 1.54) is 11.3 Å². The maximum atomic E-state index is 9.95. The quantitative estimate of drug-likeness (QED) is 0.682. The van der Waals surface area contributed by atoms with Gasteiger partial charge >= 0.3 is 0 Å². The normalized spacial score (nSPS) is 23.9. The van der Waals surface area contributed by atoms with Gasteiger partial charge in [-0.3, -0.25) is 5.41 Å². The minimum absolute atomic E-state index is 0.275. The molecule has 1 aliphatic heterocycles. The average molecular weight is 231 g/mol. The van der Waals surface area contributed by atoms with Crippen molar-refractivity contribution in [2.24, 2.45) is 0 Å². The highest BCUT2D eigenvalue weighted by atomic mass is 32.1. The van der Waals surface area contributed by atoms with Crippen LogP contribution in [0.3, 0.4) is 0 Å². The Morgan fingerprint density at radius 2 is 2.64 bits per heavy atom. The molecule has 0 spiro atoms. The van der Waals surface area contributed by atoms with Crippen molar-refractivity contribution in [3.05, 3.63) is 16.4 Å². The van der Waals surface area contributed by atoms with Gasteiger partial charge in [0.15, 0.2) is 4.80 Å². The van der Waals surface area contributed by atoms with Crippen LogP contribution in [-0.4, -0.2) is 21.8 Å². The predicted molar refractivity (Wildman–Crippen MR) is 58.3 cm³/mol. The van der Waals surface area contributed by atoms with E-state index in [0.717, 1.165) is 19.4 Å². The van der Waals surface area contributed by atoms with Crippen molar-refractivity contribution >= 4 is 19.5 Å². The smallest absolute Gasteiger partial charge is 0.182 e. The largest absolute Gasteiger partial charge is 0.370 e. The highest BCUT2D eigenvalue weighted by molar-refractivity contribution is 7.51.